The third-order valence-corrected chi connectivity index (χ3v) is 11.8. The second kappa shape index (κ2) is 18.8. The van der Waals surface area contributed by atoms with E-state index in [1.54, 1.807) is 35.2 Å². The zero-order valence-corrected chi connectivity index (χ0v) is 35.8. The molecule has 2 aromatic heterocycles. The molecule has 17 heteroatoms. The molecule has 0 saturated carbocycles. The molecule has 64 heavy (non-hydrogen) atoms. The van der Waals surface area contributed by atoms with Crippen molar-refractivity contribution in [2.45, 2.75) is 51.7 Å². The van der Waals surface area contributed by atoms with Crippen LogP contribution in [0.5, 0.6) is 11.5 Å². The van der Waals surface area contributed by atoms with Crippen molar-refractivity contribution in [2.24, 2.45) is 0 Å². The summed E-state index contributed by atoms with van der Waals surface area (Å²) in [6.45, 7) is 8.26. The molecule has 326 valence electrons. The second-order valence-corrected chi connectivity index (χ2v) is 16.0. The molecular formula is C47H46ClN11O5. The standard InChI is InChI=1S/C47H46ClN11O5/c1-3-7-31-24-35(40(61)25-39(31)60)45-54-55-47(64)59(45)32-14-12-29(13-15-32)26-51-41(62)17-20-50-46-52-37-28-56(38-11-6-9-30-8-5-10-36(48)43(30)38)21-18-34(37)44(53-46)57-22-23-58(42(63)4-2)33(27-57)16-19-49/h4-6,8-15,17,20,24-25,33,60-61H,2-3,7,16,18,21-23,26-28H2,1H3,(H,51,62)(H,55,64)(H,50,52,53)/t33-/m1/s1. The van der Waals surface area contributed by atoms with Gasteiger partial charge in [0.25, 0.3) is 0 Å². The zero-order chi connectivity index (χ0) is 44.9. The number of carbonyl (C=O) groups is 2. The fraction of sp³-hybridized carbons (Fsp3) is 0.255. The van der Waals surface area contributed by atoms with Gasteiger partial charge in [0, 0.05) is 67.7 Å². The first-order valence-electron chi connectivity index (χ1n) is 21.0. The summed E-state index contributed by atoms with van der Waals surface area (Å²) in [7, 11) is 0. The van der Waals surface area contributed by atoms with Gasteiger partial charge in [0.15, 0.2) is 5.82 Å². The van der Waals surface area contributed by atoms with E-state index in [1.165, 1.54) is 29.0 Å². The summed E-state index contributed by atoms with van der Waals surface area (Å²) in [5.41, 5.74) is 4.44. The van der Waals surface area contributed by atoms with Crippen molar-refractivity contribution >= 4 is 51.6 Å². The Morgan fingerprint density at radius 3 is 2.59 bits per heavy atom. The van der Waals surface area contributed by atoms with Gasteiger partial charge in [-0.25, -0.2) is 19.4 Å². The molecule has 0 bridgehead atoms. The highest BCUT2D eigenvalue weighted by atomic mass is 35.5. The second-order valence-electron chi connectivity index (χ2n) is 15.6. The SMILES string of the molecule is C=CC(=O)N1CCN(c2nc(NC=CC(=O)NCc3ccc(-n4c(-c5cc(CCC)c(O)cc5O)n[nH]c4=O)cc3)nc3c2CCN(c2cccc4cccc(Cl)c24)C3)C[C@H]1CC#N. The Balaban J connectivity index is 0.987. The number of carbonyl (C=O) groups excluding carboxylic acids is 2. The van der Waals surface area contributed by atoms with Crippen LogP contribution < -0.4 is 26.1 Å². The van der Waals surface area contributed by atoms with Crippen LogP contribution >= 0.6 is 11.6 Å². The number of amides is 2. The monoisotopic (exact) mass is 879 g/mol. The minimum Gasteiger partial charge on any atom is -0.508 e. The van der Waals surface area contributed by atoms with Crippen LogP contribution in [0.25, 0.3) is 27.8 Å². The third kappa shape index (κ3) is 8.83. The molecule has 0 aliphatic carbocycles. The van der Waals surface area contributed by atoms with E-state index in [9.17, 15) is 29.9 Å². The van der Waals surface area contributed by atoms with Crippen LogP contribution in [-0.2, 0) is 35.5 Å². The maximum Gasteiger partial charge on any atom is 0.348 e. The summed E-state index contributed by atoms with van der Waals surface area (Å²) < 4.78 is 1.33. The molecule has 0 unspecified atom stereocenters. The van der Waals surface area contributed by atoms with E-state index < -0.39 is 5.69 Å². The number of halogens is 1. The van der Waals surface area contributed by atoms with E-state index in [2.05, 4.69) is 49.3 Å². The molecule has 8 rings (SSSR count). The van der Waals surface area contributed by atoms with Gasteiger partial charge in [-0.2, -0.15) is 15.3 Å². The number of benzene rings is 4. The number of aryl methyl sites for hydroxylation is 1. The molecule has 1 saturated heterocycles. The molecule has 16 nitrogen and oxygen atoms in total. The van der Waals surface area contributed by atoms with Crippen molar-refractivity contribution in [2.75, 3.05) is 41.3 Å². The molecule has 1 atom stereocenters. The number of hydrogen-bond acceptors (Lipinski definition) is 12. The van der Waals surface area contributed by atoms with Crippen LogP contribution in [-0.4, -0.2) is 83.9 Å². The number of aromatic amines is 1. The highest BCUT2D eigenvalue weighted by molar-refractivity contribution is 6.36. The lowest BCUT2D eigenvalue weighted by Gasteiger charge is -2.42. The number of piperazine rings is 1. The number of aromatic nitrogens is 5. The van der Waals surface area contributed by atoms with Crippen LogP contribution in [0.1, 0.15) is 42.1 Å². The first-order valence-corrected chi connectivity index (χ1v) is 21.3. The number of nitrogens with one attached hydrogen (secondary N) is 3. The predicted molar refractivity (Wildman–Crippen MR) is 245 cm³/mol. The molecule has 2 aliphatic rings. The zero-order valence-electron chi connectivity index (χ0n) is 35.1. The Hall–Kier alpha value is -7.64. The van der Waals surface area contributed by atoms with Crippen molar-refractivity contribution in [3.8, 4) is 34.6 Å². The van der Waals surface area contributed by atoms with Crippen molar-refractivity contribution in [3.63, 3.8) is 0 Å². The van der Waals surface area contributed by atoms with E-state index in [0.29, 0.717) is 73.2 Å². The van der Waals surface area contributed by atoms with Gasteiger partial charge in [-0.3, -0.25) is 9.59 Å². The van der Waals surface area contributed by atoms with Crippen molar-refractivity contribution in [3.05, 3.63) is 136 Å². The van der Waals surface area contributed by atoms with E-state index in [0.717, 1.165) is 39.7 Å². The number of nitriles is 1. The Morgan fingerprint density at radius 2 is 1.83 bits per heavy atom. The summed E-state index contributed by atoms with van der Waals surface area (Å²) in [6.07, 6.45) is 6.25. The molecule has 0 spiro atoms. The average molecular weight is 880 g/mol. The maximum absolute atomic E-state index is 13.1. The number of fused-ring (bicyclic) bond motifs is 2. The van der Waals surface area contributed by atoms with Gasteiger partial charge in [0.2, 0.25) is 17.8 Å². The van der Waals surface area contributed by atoms with Crippen LogP contribution in [0.15, 0.2) is 103 Å². The molecule has 2 aliphatic heterocycles. The molecule has 5 N–H and O–H groups in total. The first-order chi connectivity index (χ1) is 31.1. The molecular weight excluding hydrogens is 834 g/mol. The van der Waals surface area contributed by atoms with E-state index in [-0.39, 0.29) is 54.1 Å². The fourth-order valence-corrected chi connectivity index (χ4v) is 8.69. The van der Waals surface area contributed by atoms with Gasteiger partial charge in [-0.15, -0.1) is 0 Å². The summed E-state index contributed by atoms with van der Waals surface area (Å²) in [5, 5.41) is 45.8. The van der Waals surface area contributed by atoms with Gasteiger partial charge in [0.05, 0.1) is 47.0 Å². The lowest BCUT2D eigenvalue weighted by molar-refractivity contribution is -0.128. The highest BCUT2D eigenvalue weighted by Crippen LogP contribution is 2.38. The number of anilines is 3. The van der Waals surface area contributed by atoms with Gasteiger partial charge < -0.3 is 35.5 Å². The van der Waals surface area contributed by atoms with Gasteiger partial charge in [0.1, 0.15) is 17.3 Å². The van der Waals surface area contributed by atoms with Gasteiger partial charge >= 0.3 is 5.69 Å². The topological polar surface area (TPSA) is 209 Å². The molecule has 1 fully saturated rings. The highest BCUT2D eigenvalue weighted by Gasteiger charge is 2.33. The molecule has 4 heterocycles. The number of aromatic hydroxyl groups is 2. The van der Waals surface area contributed by atoms with Crippen molar-refractivity contribution < 1.29 is 19.8 Å². The quantitative estimate of drug-likeness (QED) is 0.0833. The first kappa shape index (κ1) is 43.0. The minimum absolute atomic E-state index is 0.0294. The molecule has 4 aromatic carbocycles. The number of phenolic OH excluding ortho intramolecular Hbond substituents is 2. The van der Waals surface area contributed by atoms with E-state index >= 15 is 0 Å². The summed E-state index contributed by atoms with van der Waals surface area (Å²) in [5.74, 6) is 0.340. The number of phenols is 2. The smallest absolute Gasteiger partial charge is 0.348 e. The lowest BCUT2D eigenvalue weighted by atomic mass is 10.0. The van der Waals surface area contributed by atoms with E-state index in [4.69, 9.17) is 21.6 Å². The lowest BCUT2D eigenvalue weighted by Crippen LogP contribution is -2.55. The number of H-pyrrole nitrogens is 1. The minimum atomic E-state index is -0.508. The fourth-order valence-electron chi connectivity index (χ4n) is 8.41. The van der Waals surface area contributed by atoms with Crippen LogP contribution in [0, 0.1) is 11.3 Å². The van der Waals surface area contributed by atoms with Crippen LogP contribution in [0.2, 0.25) is 5.02 Å². The maximum atomic E-state index is 13.1. The molecule has 2 amide bonds. The number of rotatable bonds is 13. The largest absolute Gasteiger partial charge is 0.508 e. The van der Waals surface area contributed by atoms with Crippen molar-refractivity contribution in [1.29, 1.82) is 5.26 Å². The summed E-state index contributed by atoms with van der Waals surface area (Å²) in [4.78, 5) is 54.6. The van der Waals surface area contributed by atoms with E-state index in [1.807, 2.05) is 37.3 Å². The van der Waals surface area contributed by atoms with Crippen molar-refractivity contribution in [1.82, 2.24) is 34.9 Å². The van der Waals surface area contributed by atoms with Gasteiger partial charge in [-0.05, 0) is 65.8 Å². The third-order valence-electron chi connectivity index (χ3n) is 11.5. The molecule has 6 aromatic rings. The number of nitrogens with zero attached hydrogens (tertiary/aromatic N) is 8. The Bertz CT molecular complexity index is 2880. The number of hydrogen-bond donors (Lipinski definition) is 5. The average Bonchev–Trinajstić information content (AvgIpc) is 3.69. The molecule has 0 radical (unpaired) electrons. The van der Waals surface area contributed by atoms with Crippen LogP contribution in [0.4, 0.5) is 17.5 Å². The normalized spacial score (nSPS) is 15.0. The Labute approximate surface area is 373 Å². The Morgan fingerprint density at radius 1 is 1.03 bits per heavy atom. The predicted octanol–water partition coefficient (Wildman–Crippen LogP) is 6.11. The Kier molecular flexibility index (Phi) is 12.6. The summed E-state index contributed by atoms with van der Waals surface area (Å²) >= 11 is 6.74. The van der Waals surface area contributed by atoms with Crippen LogP contribution in [0.3, 0.4) is 0 Å². The summed E-state index contributed by atoms with van der Waals surface area (Å²) in [6, 6.07) is 23.7. The van der Waals surface area contributed by atoms with Gasteiger partial charge in [-0.1, -0.05) is 67.9 Å².